The lowest BCUT2D eigenvalue weighted by molar-refractivity contribution is -0.0749. The normalized spacial score (nSPS) is 24.3. The molecule has 3 nitrogen and oxygen atoms in total. The Morgan fingerprint density at radius 2 is 2.00 bits per heavy atom. The van der Waals surface area contributed by atoms with Gasteiger partial charge < -0.3 is 14.7 Å². The molecule has 106 valence electrons. The number of hydrogen-bond donors (Lipinski definition) is 1. The third-order valence-electron chi connectivity index (χ3n) is 3.60. The molecule has 1 aromatic rings. The highest BCUT2D eigenvalue weighted by molar-refractivity contribution is 5.48. The van der Waals surface area contributed by atoms with Gasteiger partial charge in [0.2, 0.25) is 0 Å². The van der Waals surface area contributed by atoms with Crippen LogP contribution in [0, 0.1) is 0 Å². The molecule has 3 heteroatoms. The van der Waals surface area contributed by atoms with Crippen molar-refractivity contribution in [1.29, 1.82) is 0 Å². The fraction of sp³-hybridized carbons (Fsp3) is 0.625. The van der Waals surface area contributed by atoms with E-state index in [0.717, 1.165) is 25.1 Å². The first-order valence-electron chi connectivity index (χ1n) is 7.12. The van der Waals surface area contributed by atoms with Crippen LogP contribution in [0.1, 0.15) is 45.8 Å². The van der Waals surface area contributed by atoms with Crippen LogP contribution in [0.5, 0.6) is 0 Å². The number of benzene rings is 1. The van der Waals surface area contributed by atoms with Gasteiger partial charge in [0.25, 0.3) is 0 Å². The molecule has 0 bridgehead atoms. The van der Waals surface area contributed by atoms with Gasteiger partial charge in [-0.2, -0.15) is 0 Å². The minimum atomic E-state index is -0.353. The van der Waals surface area contributed by atoms with Crippen LogP contribution >= 0.6 is 0 Å². The Kier molecular flexibility index (Phi) is 4.16. The molecular weight excluding hydrogens is 238 g/mol. The third kappa shape index (κ3) is 3.48. The average molecular weight is 263 g/mol. The Labute approximate surface area is 116 Å². The van der Waals surface area contributed by atoms with Gasteiger partial charge in [0, 0.05) is 18.8 Å². The maximum absolute atomic E-state index is 9.82. The summed E-state index contributed by atoms with van der Waals surface area (Å²) in [6.45, 7) is 10.2. The monoisotopic (exact) mass is 263 g/mol. The summed E-state index contributed by atoms with van der Waals surface area (Å²) in [5, 5.41) is 9.82. The highest BCUT2D eigenvalue weighted by Crippen LogP contribution is 2.27. The summed E-state index contributed by atoms with van der Waals surface area (Å²) in [5.41, 5.74) is 2.08. The molecule has 0 amide bonds. The van der Waals surface area contributed by atoms with E-state index >= 15 is 0 Å². The van der Waals surface area contributed by atoms with E-state index in [1.54, 1.807) is 0 Å². The Bertz CT molecular complexity index is 413. The number of rotatable bonds is 3. The SMILES string of the molecule is CC[C@@H](O)c1ccc(N2CC(C)OC(C)(C)C2)cc1. The highest BCUT2D eigenvalue weighted by atomic mass is 16.5. The van der Waals surface area contributed by atoms with E-state index in [-0.39, 0.29) is 17.8 Å². The second-order valence-electron chi connectivity index (χ2n) is 6.08. The number of morpholine rings is 1. The predicted molar refractivity (Wildman–Crippen MR) is 78.5 cm³/mol. The van der Waals surface area contributed by atoms with Gasteiger partial charge in [0.15, 0.2) is 0 Å². The van der Waals surface area contributed by atoms with E-state index in [9.17, 15) is 5.11 Å². The molecular formula is C16H25NO2. The quantitative estimate of drug-likeness (QED) is 0.909. The summed E-state index contributed by atoms with van der Waals surface area (Å²) in [6.07, 6.45) is 0.639. The van der Waals surface area contributed by atoms with Gasteiger partial charge in [0.1, 0.15) is 0 Å². The number of hydrogen-bond acceptors (Lipinski definition) is 3. The Balaban J connectivity index is 2.13. The van der Waals surface area contributed by atoms with Crippen molar-refractivity contribution < 1.29 is 9.84 Å². The molecule has 1 aromatic carbocycles. The van der Waals surface area contributed by atoms with Crippen LogP contribution in [0.15, 0.2) is 24.3 Å². The van der Waals surface area contributed by atoms with E-state index in [1.807, 2.05) is 19.1 Å². The van der Waals surface area contributed by atoms with Crippen molar-refractivity contribution in [3.05, 3.63) is 29.8 Å². The second kappa shape index (κ2) is 5.51. The minimum absolute atomic E-state index is 0.112. The predicted octanol–water partition coefficient (Wildman–Crippen LogP) is 3.13. The number of ether oxygens (including phenoxy) is 1. The molecule has 2 atom stereocenters. The first-order chi connectivity index (χ1) is 8.91. The lowest BCUT2D eigenvalue weighted by Crippen LogP contribution is -2.52. The van der Waals surface area contributed by atoms with Gasteiger partial charge in [-0.1, -0.05) is 19.1 Å². The van der Waals surface area contributed by atoms with Crippen LogP contribution in [0.2, 0.25) is 0 Å². The van der Waals surface area contributed by atoms with E-state index in [2.05, 4.69) is 37.8 Å². The van der Waals surface area contributed by atoms with Crippen molar-refractivity contribution in [2.45, 2.75) is 51.9 Å². The van der Waals surface area contributed by atoms with Gasteiger partial charge in [-0.15, -0.1) is 0 Å². The highest BCUT2D eigenvalue weighted by Gasteiger charge is 2.31. The molecule has 1 aliphatic rings. The van der Waals surface area contributed by atoms with Crippen LogP contribution in [-0.4, -0.2) is 29.9 Å². The molecule has 0 saturated carbocycles. The van der Waals surface area contributed by atoms with Crippen LogP contribution in [0.4, 0.5) is 5.69 Å². The molecule has 0 radical (unpaired) electrons. The smallest absolute Gasteiger partial charge is 0.0805 e. The summed E-state index contributed by atoms with van der Waals surface area (Å²) >= 11 is 0. The fourth-order valence-corrected chi connectivity index (χ4v) is 2.79. The molecule has 1 aliphatic heterocycles. The fourth-order valence-electron chi connectivity index (χ4n) is 2.79. The van der Waals surface area contributed by atoms with Crippen molar-refractivity contribution >= 4 is 5.69 Å². The molecule has 0 spiro atoms. The van der Waals surface area contributed by atoms with E-state index in [0.29, 0.717) is 0 Å². The minimum Gasteiger partial charge on any atom is -0.388 e. The Morgan fingerprint density at radius 1 is 1.37 bits per heavy atom. The molecule has 0 aliphatic carbocycles. The summed E-state index contributed by atoms with van der Waals surface area (Å²) in [7, 11) is 0. The molecule has 2 rings (SSSR count). The number of aliphatic hydroxyl groups excluding tert-OH is 1. The Morgan fingerprint density at radius 3 is 2.53 bits per heavy atom. The van der Waals surface area contributed by atoms with Gasteiger partial charge in [-0.3, -0.25) is 0 Å². The molecule has 1 saturated heterocycles. The largest absolute Gasteiger partial charge is 0.388 e. The van der Waals surface area contributed by atoms with Crippen LogP contribution in [0.25, 0.3) is 0 Å². The number of nitrogens with zero attached hydrogens (tertiary/aromatic N) is 1. The zero-order valence-electron chi connectivity index (χ0n) is 12.4. The zero-order chi connectivity index (χ0) is 14.0. The van der Waals surface area contributed by atoms with E-state index in [1.165, 1.54) is 5.69 Å². The van der Waals surface area contributed by atoms with Crippen molar-refractivity contribution in [2.75, 3.05) is 18.0 Å². The third-order valence-corrected chi connectivity index (χ3v) is 3.60. The summed E-state index contributed by atoms with van der Waals surface area (Å²) in [4.78, 5) is 2.36. The lowest BCUT2D eigenvalue weighted by Gasteiger charge is -2.43. The van der Waals surface area contributed by atoms with Crippen LogP contribution < -0.4 is 4.90 Å². The number of aliphatic hydroxyl groups is 1. The lowest BCUT2D eigenvalue weighted by atomic mass is 10.0. The molecule has 1 N–H and O–H groups in total. The summed E-state index contributed by atoms with van der Waals surface area (Å²) < 4.78 is 5.92. The molecule has 1 heterocycles. The van der Waals surface area contributed by atoms with Gasteiger partial charge in [0.05, 0.1) is 17.8 Å². The molecule has 19 heavy (non-hydrogen) atoms. The van der Waals surface area contributed by atoms with Crippen molar-refractivity contribution in [2.24, 2.45) is 0 Å². The Hall–Kier alpha value is -1.06. The van der Waals surface area contributed by atoms with Crippen molar-refractivity contribution in [3.63, 3.8) is 0 Å². The van der Waals surface area contributed by atoms with Gasteiger partial charge >= 0.3 is 0 Å². The summed E-state index contributed by atoms with van der Waals surface area (Å²) in [6, 6.07) is 8.25. The zero-order valence-corrected chi connectivity index (χ0v) is 12.4. The summed E-state index contributed by atoms with van der Waals surface area (Å²) in [5.74, 6) is 0. The van der Waals surface area contributed by atoms with Crippen LogP contribution in [-0.2, 0) is 4.74 Å². The van der Waals surface area contributed by atoms with Gasteiger partial charge in [-0.25, -0.2) is 0 Å². The van der Waals surface area contributed by atoms with E-state index < -0.39 is 0 Å². The standard InChI is InChI=1S/C16H25NO2/c1-5-15(18)13-6-8-14(9-7-13)17-10-12(2)19-16(3,4)11-17/h6-9,12,15,18H,5,10-11H2,1-4H3/t12?,15-/m1/s1. The number of anilines is 1. The molecule has 0 aromatic heterocycles. The molecule has 1 unspecified atom stereocenters. The second-order valence-corrected chi connectivity index (χ2v) is 6.08. The van der Waals surface area contributed by atoms with Crippen LogP contribution in [0.3, 0.4) is 0 Å². The van der Waals surface area contributed by atoms with Gasteiger partial charge in [-0.05, 0) is 44.9 Å². The van der Waals surface area contributed by atoms with E-state index in [4.69, 9.17) is 4.74 Å². The maximum Gasteiger partial charge on any atom is 0.0805 e. The first-order valence-corrected chi connectivity index (χ1v) is 7.12. The molecule has 1 fully saturated rings. The van der Waals surface area contributed by atoms with Crippen molar-refractivity contribution in [1.82, 2.24) is 0 Å². The first kappa shape index (κ1) is 14.4. The van der Waals surface area contributed by atoms with Crippen molar-refractivity contribution in [3.8, 4) is 0 Å². The topological polar surface area (TPSA) is 32.7 Å². The average Bonchev–Trinajstić information content (AvgIpc) is 2.35. The maximum atomic E-state index is 9.82.